The third-order valence-electron chi connectivity index (χ3n) is 7.78. The number of aryl methyl sites for hydroxylation is 1. The van der Waals surface area contributed by atoms with E-state index >= 15 is 0 Å². The Morgan fingerprint density at radius 1 is 1.00 bits per heavy atom. The molecule has 1 N–H and O–H groups in total. The molecule has 0 saturated carbocycles. The summed E-state index contributed by atoms with van der Waals surface area (Å²) in [6, 6.07) is 8.98. The van der Waals surface area contributed by atoms with Crippen LogP contribution in [0.5, 0.6) is 5.75 Å². The molecular formula is C31H36N6O4. The van der Waals surface area contributed by atoms with Crippen molar-refractivity contribution in [3.63, 3.8) is 0 Å². The summed E-state index contributed by atoms with van der Waals surface area (Å²) in [6.45, 7) is 11.4. The monoisotopic (exact) mass is 556 g/mol. The molecular weight excluding hydrogens is 520 g/mol. The van der Waals surface area contributed by atoms with Crippen molar-refractivity contribution in [1.29, 1.82) is 0 Å². The number of piperidine rings is 1. The summed E-state index contributed by atoms with van der Waals surface area (Å²) < 4.78 is 8.59. The molecule has 3 aromatic rings. The number of nitrogens with one attached hydrogen (secondary N) is 1. The first-order valence-corrected chi connectivity index (χ1v) is 14.1. The fourth-order valence-electron chi connectivity index (χ4n) is 5.68. The van der Waals surface area contributed by atoms with Crippen molar-refractivity contribution in [2.75, 3.05) is 31.5 Å². The fourth-order valence-corrected chi connectivity index (χ4v) is 5.68. The first-order valence-electron chi connectivity index (χ1n) is 14.1. The van der Waals surface area contributed by atoms with Gasteiger partial charge in [0.15, 0.2) is 0 Å². The Morgan fingerprint density at radius 2 is 1.76 bits per heavy atom. The van der Waals surface area contributed by atoms with E-state index in [2.05, 4.69) is 23.5 Å². The number of hydrogen-bond donors (Lipinski definition) is 1. The summed E-state index contributed by atoms with van der Waals surface area (Å²) in [5, 5.41) is 3.03. The molecule has 1 unspecified atom stereocenters. The van der Waals surface area contributed by atoms with Crippen LogP contribution >= 0.6 is 0 Å². The molecule has 2 aromatic heterocycles. The van der Waals surface area contributed by atoms with Crippen LogP contribution in [-0.2, 0) is 9.59 Å². The number of carbonyl (C=O) groups is 3. The van der Waals surface area contributed by atoms with Gasteiger partial charge in [-0.2, -0.15) is 0 Å². The molecule has 0 aliphatic carbocycles. The SMILES string of the molecule is C=CC(=O)N1CCC(Oc2cccc3nc(NC(=O)c4ccnc(C)c4)n(C4CCCCN(C(=O)C=C)C4)c23)CC1. The molecule has 10 heteroatoms. The highest BCUT2D eigenvalue weighted by Gasteiger charge is 2.29. The van der Waals surface area contributed by atoms with Crippen molar-refractivity contribution < 1.29 is 19.1 Å². The number of amides is 3. The Hall–Kier alpha value is -4.47. The Kier molecular flexibility index (Phi) is 8.47. The van der Waals surface area contributed by atoms with Crippen LogP contribution in [0.1, 0.15) is 54.2 Å². The first-order chi connectivity index (χ1) is 19.9. The van der Waals surface area contributed by atoms with Crippen LogP contribution in [0.3, 0.4) is 0 Å². The number of carbonyl (C=O) groups excluding carboxylic acids is 3. The number of aromatic nitrogens is 3. The zero-order valence-corrected chi connectivity index (χ0v) is 23.4. The third-order valence-corrected chi connectivity index (χ3v) is 7.78. The number of ether oxygens (including phenoxy) is 1. The van der Waals surface area contributed by atoms with Crippen LogP contribution in [0.15, 0.2) is 61.8 Å². The summed E-state index contributed by atoms with van der Waals surface area (Å²) >= 11 is 0. The van der Waals surface area contributed by atoms with Crippen LogP contribution < -0.4 is 10.1 Å². The van der Waals surface area contributed by atoms with E-state index < -0.39 is 0 Å². The van der Waals surface area contributed by atoms with Crippen LogP contribution in [0.2, 0.25) is 0 Å². The van der Waals surface area contributed by atoms with Gasteiger partial charge >= 0.3 is 0 Å². The summed E-state index contributed by atoms with van der Waals surface area (Å²) in [5.41, 5.74) is 2.69. The number of benzene rings is 1. The highest BCUT2D eigenvalue weighted by atomic mass is 16.5. The van der Waals surface area contributed by atoms with E-state index in [1.807, 2.05) is 34.6 Å². The molecule has 5 rings (SSSR count). The van der Waals surface area contributed by atoms with E-state index in [4.69, 9.17) is 9.72 Å². The maximum absolute atomic E-state index is 13.3. The molecule has 41 heavy (non-hydrogen) atoms. The standard InChI is InChI=1S/C31H36N6O4/c1-4-27(38)35-17-13-24(14-18-35)41-26-11-8-10-25-29(26)37(23-9-6-7-16-36(20-23)28(39)5-2)31(33-25)34-30(40)22-12-15-32-21(3)19-22/h4-5,8,10-12,15,19,23-24H,1-2,6-7,9,13-14,16-18,20H2,3H3,(H,33,34,40). The van der Waals surface area contributed by atoms with Gasteiger partial charge in [0.1, 0.15) is 17.4 Å². The molecule has 0 bridgehead atoms. The molecule has 2 aliphatic heterocycles. The second-order valence-corrected chi connectivity index (χ2v) is 10.6. The predicted octanol–water partition coefficient (Wildman–Crippen LogP) is 4.29. The van der Waals surface area contributed by atoms with E-state index in [-0.39, 0.29) is 29.9 Å². The number of nitrogens with zero attached hydrogens (tertiary/aromatic N) is 5. The van der Waals surface area contributed by atoms with Gasteiger partial charge in [-0.05, 0) is 62.6 Å². The number of fused-ring (bicyclic) bond motifs is 1. The molecule has 0 spiro atoms. The summed E-state index contributed by atoms with van der Waals surface area (Å²) in [6.07, 6.45) is 8.21. The Balaban J connectivity index is 1.52. The van der Waals surface area contributed by atoms with Gasteiger partial charge in [-0.3, -0.25) is 24.7 Å². The third kappa shape index (κ3) is 6.16. The smallest absolute Gasteiger partial charge is 0.258 e. The minimum absolute atomic E-state index is 0.0691. The lowest BCUT2D eigenvalue weighted by molar-refractivity contribution is -0.128. The van der Waals surface area contributed by atoms with E-state index in [0.29, 0.717) is 61.8 Å². The minimum Gasteiger partial charge on any atom is -0.488 e. The topological polar surface area (TPSA) is 110 Å². The molecule has 2 aliphatic rings. The van der Waals surface area contributed by atoms with Crippen LogP contribution in [0.4, 0.5) is 5.95 Å². The number of para-hydroxylation sites is 1. The molecule has 10 nitrogen and oxygen atoms in total. The van der Waals surface area contributed by atoms with Gasteiger partial charge in [-0.25, -0.2) is 4.98 Å². The van der Waals surface area contributed by atoms with E-state index in [1.54, 1.807) is 23.2 Å². The van der Waals surface area contributed by atoms with Crippen molar-refractivity contribution in [1.82, 2.24) is 24.3 Å². The summed E-state index contributed by atoms with van der Waals surface area (Å²) in [4.78, 5) is 50.7. The van der Waals surface area contributed by atoms with E-state index in [0.717, 1.165) is 30.5 Å². The first kappa shape index (κ1) is 28.1. The number of rotatable bonds is 7. The van der Waals surface area contributed by atoms with Crippen LogP contribution in [0, 0.1) is 6.92 Å². The number of likely N-dealkylation sites (tertiary alicyclic amines) is 2. The fraction of sp³-hybridized carbons (Fsp3) is 0.387. The highest BCUT2D eigenvalue weighted by molar-refractivity contribution is 6.04. The van der Waals surface area contributed by atoms with Crippen molar-refractivity contribution in [3.05, 3.63) is 73.1 Å². The van der Waals surface area contributed by atoms with Gasteiger partial charge in [0.2, 0.25) is 17.8 Å². The molecule has 4 heterocycles. The average molecular weight is 557 g/mol. The van der Waals surface area contributed by atoms with Gasteiger partial charge in [0.05, 0.1) is 11.6 Å². The van der Waals surface area contributed by atoms with E-state index in [1.165, 1.54) is 12.2 Å². The number of anilines is 1. The van der Waals surface area contributed by atoms with Gasteiger partial charge in [-0.1, -0.05) is 19.2 Å². The van der Waals surface area contributed by atoms with Crippen LogP contribution in [-0.4, -0.2) is 74.3 Å². The van der Waals surface area contributed by atoms with Crippen molar-refractivity contribution in [2.24, 2.45) is 0 Å². The summed E-state index contributed by atoms with van der Waals surface area (Å²) in [5.74, 6) is 0.590. The number of pyridine rings is 1. The second-order valence-electron chi connectivity index (χ2n) is 10.6. The summed E-state index contributed by atoms with van der Waals surface area (Å²) in [7, 11) is 0. The molecule has 2 saturated heterocycles. The largest absolute Gasteiger partial charge is 0.488 e. The van der Waals surface area contributed by atoms with Gasteiger partial charge in [0.25, 0.3) is 5.91 Å². The maximum atomic E-state index is 13.3. The van der Waals surface area contributed by atoms with Gasteiger partial charge < -0.3 is 19.1 Å². The average Bonchev–Trinajstić information content (AvgIpc) is 3.17. The van der Waals surface area contributed by atoms with E-state index in [9.17, 15) is 14.4 Å². The molecule has 1 aromatic carbocycles. The molecule has 1 atom stereocenters. The zero-order chi connectivity index (χ0) is 28.9. The van der Waals surface area contributed by atoms with Crippen molar-refractivity contribution in [2.45, 2.75) is 51.2 Å². The van der Waals surface area contributed by atoms with Gasteiger partial charge in [-0.15, -0.1) is 0 Å². The highest BCUT2D eigenvalue weighted by Crippen LogP contribution is 2.36. The second kappa shape index (κ2) is 12.4. The van der Waals surface area contributed by atoms with Gasteiger partial charge in [0, 0.05) is 56.5 Å². The minimum atomic E-state index is -0.290. The lowest BCUT2D eigenvalue weighted by Crippen LogP contribution is -2.41. The molecule has 214 valence electrons. The normalized spacial score (nSPS) is 18.0. The number of hydrogen-bond acceptors (Lipinski definition) is 6. The Bertz CT molecular complexity index is 1470. The van der Waals surface area contributed by atoms with Crippen LogP contribution in [0.25, 0.3) is 11.0 Å². The molecule has 2 fully saturated rings. The lowest BCUT2D eigenvalue weighted by Gasteiger charge is -2.32. The Labute approximate surface area is 239 Å². The molecule has 3 amide bonds. The Morgan fingerprint density at radius 3 is 2.49 bits per heavy atom. The van der Waals surface area contributed by atoms with Crippen molar-refractivity contribution >= 4 is 34.7 Å². The quantitative estimate of drug-likeness (QED) is 0.435. The lowest BCUT2D eigenvalue weighted by atomic mass is 10.1. The predicted molar refractivity (Wildman–Crippen MR) is 157 cm³/mol. The number of imidazole rings is 1. The van der Waals surface area contributed by atoms with Crippen molar-refractivity contribution in [3.8, 4) is 5.75 Å². The zero-order valence-electron chi connectivity index (χ0n) is 23.4. The molecule has 0 radical (unpaired) electrons. The maximum Gasteiger partial charge on any atom is 0.258 e.